The fraction of sp³-hybridized carbons (Fsp3) is 0.0714. The molecule has 0 saturated carbocycles. The van der Waals surface area contributed by atoms with Crippen molar-refractivity contribution >= 4 is 39.3 Å². The van der Waals surface area contributed by atoms with Gasteiger partial charge >= 0.3 is 5.97 Å². The van der Waals surface area contributed by atoms with Crippen LogP contribution in [0.15, 0.2) is 40.2 Å². The van der Waals surface area contributed by atoms with Crippen molar-refractivity contribution in [1.82, 2.24) is 0 Å². The molecule has 0 aliphatic carbocycles. The number of para-hydroxylation sites is 1. The molecule has 0 bridgehead atoms. The Morgan fingerprint density at radius 2 is 2.20 bits per heavy atom. The first-order valence-electron chi connectivity index (χ1n) is 5.63. The lowest BCUT2D eigenvalue weighted by atomic mass is 10.2. The zero-order chi connectivity index (χ0) is 14.5. The van der Waals surface area contributed by atoms with Gasteiger partial charge in [-0.1, -0.05) is 12.1 Å². The third-order valence-corrected chi connectivity index (χ3v) is 3.99. The van der Waals surface area contributed by atoms with Crippen molar-refractivity contribution < 1.29 is 19.0 Å². The number of thiophene rings is 1. The van der Waals surface area contributed by atoms with Crippen LogP contribution in [-0.2, 0) is 11.4 Å². The SMILES string of the molecule is O=C(O)/C=C/c1cccc(F)c1OCc1ccc(Br)s1. The third-order valence-electron chi connectivity index (χ3n) is 2.39. The van der Waals surface area contributed by atoms with E-state index in [-0.39, 0.29) is 12.4 Å². The third kappa shape index (κ3) is 3.91. The minimum atomic E-state index is -1.10. The summed E-state index contributed by atoms with van der Waals surface area (Å²) in [6, 6.07) is 8.14. The molecule has 104 valence electrons. The Balaban J connectivity index is 2.19. The Morgan fingerprint density at radius 1 is 1.40 bits per heavy atom. The summed E-state index contributed by atoms with van der Waals surface area (Å²) >= 11 is 4.83. The molecule has 0 radical (unpaired) electrons. The second kappa shape index (κ2) is 6.67. The van der Waals surface area contributed by atoms with Gasteiger partial charge < -0.3 is 9.84 Å². The number of carbonyl (C=O) groups is 1. The summed E-state index contributed by atoms with van der Waals surface area (Å²) in [4.78, 5) is 11.5. The second-order valence-electron chi connectivity index (χ2n) is 3.82. The molecule has 20 heavy (non-hydrogen) atoms. The fourth-order valence-corrected chi connectivity index (χ4v) is 2.94. The van der Waals surface area contributed by atoms with Gasteiger partial charge in [0.1, 0.15) is 6.61 Å². The standard InChI is InChI=1S/C14H10BrFO3S/c15-12-6-5-10(20-12)8-19-14-9(4-7-13(17)18)2-1-3-11(14)16/h1-7H,8H2,(H,17,18)/b7-4+. The molecule has 2 rings (SSSR count). The van der Waals surface area contributed by atoms with Crippen LogP contribution < -0.4 is 4.74 Å². The molecule has 0 amide bonds. The highest BCUT2D eigenvalue weighted by atomic mass is 79.9. The number of halogens is 2. The molecule has 0 saturated heterocycles. The van der Waals surface area contributed by atoms with Crippen LogP contribution in [0.1, 0.15) is 10.4 Å². The van der Waals surface area contributed by atoms with E-state index >= 15 is 0 Å². The van der Waals surface area contributed by atoms with Crippen LogP contribution in [0.4, 0.5) is 4.39 Å². The fourth-order valence-electron chi connectivity index (χ4n) is 1.54. The maximum absolute atomic E-state index is 13.8. The number of ether oxygens (including phenoxy) is 1. The predicted octanol–water partition coefficient (Wildman–Crippen LogP) is 4.33. The molecule has 1 N–H and O–H groups in total. The van der Waals surface area contributed by atoms with Gasteiger partial charge in [0, 0.05) is 16.5 Å². The predicted molar refractivity (Wildman–Crippen MR) is 79.4 cm³/mol. The molecule has 0 aliphatic heterocycles. The van der Waals surface area contributed by atoms with Crippen molar-refractivity contribution in [2.24, 2.45) is 0 Å². The van der Waals surface area contributed by atoms with Gasteiger partial charge in [-0.25, -0.2) is 9.18 Å². The first-order valence-corrected chi connectivity index (χ1v) is 7.24. The highest BCUT2D eigenvalue weighted by molar-refractivity contribution is 9.11. The van der Waals surface area contributed by atoms with Gasteiger partial charge in [0.05, 0.1) is 3.79 Å². The summed E-state index contributed by atoms with van der Waals surface area (Å²) in [5.41, 5.74) is 0.392. The molecule has 0 atom stereocenters. The Morgan fingerprint density at radius 3 is 2.85 bits per heavy atom. The summed E-state index contributed by atoms with van der Waals surface area (Å²) in [7, 11) is 0. The molecule has 0 aliphatic rings. The number of rotatable bonds is 5. The van der Waals surface area contributed by atoms with E-state index in [2.05, 4.69) is 15.9 Å². The van der Waals surface area contributed by atoms with Gasteiger partial charge in [0.25, 0.3) is 0 Å². The van der Waals surface area contributed by atoms with E-state index in [1.807, 2.05) is 12.1 Å². The van der Waals surface area contributed by atoms with Crippen LogP contribution in [0.2, 0.25) is 0 Å². The topological polar surface area (TPSA) is 46.5 Å². The van der Waals surface area contributed by atoms with E-state index in [0.717, 1.165) is 14.7 Å². The minimum Gasteiger partial charge on any atom is -0.484 e. The lowest BCUT2D eigenvalue weighted by Crippen LogP contribution is -1.98. The zero-order valence-corrected chi connectivity index (χ0v) is 12.6. The van der Waals surface area contributed by atoms with Gasteiger partial charge in [-0.05, 0) is 40.2 Å². The van der Waals surface area contributed by atoms with Crippen LogP contribution in [0.3, 0.4) is 0 Å². The lowest BCUT2D eigenvalue weighted by Gasteiger charge is -2.09. The van der Waals surface area contributed by atoms with Gasteiger partial charge in [0.15, 0.2) is 11.6 Å². The average molecular weight is 357 g/mol. The average Bonchev–Trinajstić information content (AvgIpc) is 2.81. The number of aliphatic carboxylic acids is 1. The second-order valence-corrected chi connectivity index (χ2v) is 6.37. The maximum atomic E-state index is 13.8. The minimum absolute atomic E-state index is 0.0505. The van der Waals surface area contributed by atoms with Crippen molar-refractivity contribution in [2.45, 2.75) is 6.61 Å². The van der Waals surface area contributed by atoms with Crippen molar-refractivity contribution in [3.05, 3.63) is 56.5 Å². The number of carboxylic acid groups (broad SMARTS) is 1. The van der Waals surface area contributed by atoms with Crippen molar-refractivity contribution in [3.8, 4) is 5.75 Å². The summed E-state index contributed by atoms with van der Waals surface area (Å²) in [6.07, 6.45) is 2.26. The molecule has 0 unspecified atom stereocenters. The molecule has 2 aromatic rings. The molecular formula is C14H10BrFO3S. The quantitative estimate of drug-likeness (QED) is 0.811. The summed E-state index contributed by atoms with van der Waals surface area (Å²) < 4.78 is 20.2. The van der Waals surface area contributed by atoms with Gasteiger partial charge in [-0.2, -0.15) is 0 Å². The van der Waals surface area contributed by atoms with E-state index in [1.54, 1.807) is 6.07 Å². The maximum Gasteiger partial charge on any atom is 0.328 e. The number of hydrogen-bond donors (Lipinski definition) is 1. The van der Waals surface area contributed by atoms with Gasteiger partial charge in [0.2, 0.25) is 0 Å². The van der Waals surface area contributed by atoms with Crippen molar-refractivity contribution in [3.63, 3.8) is 0 Å². The summed E-state index contributed by atoms with van der Waals surface area (Å²) in [6.45, 7) is 0.227. The molecule has 0 fully saturated rings. The van der Waals surface area contributed by atoms with Gasteiger partial charge in [-0.3, -0.25) is 0 Å². The highest BCUT2D eigenvalue weighted by Crippen LogP contribution is 2.27. The van der Waals surface area contributed by atoms with E-state index in [4.69, 9.17) is 9.84 Å². The first kappa shape index (κ1) is 14.7. The Hall–Kier alpha value is -1.66. The number of carboxylic acids is 1. The van der Waals surface area contributed by atoms with Gasteiger partial charge in [-0.15, -0.1) is 11.3 Å². The molecule has 1 heterocycles. The lowest BCUT2D eigenvalue weighted by molar-refractivity contribution is -0.131. The summed E-state index contributed by atoms with van der Waals surface area (Å²) in [5.74, 6) is -1.56. The van der Waals surface area contributed by atoms with Crippen LogP contribution in [0, 0.1) is 5.82 Å². The molecule has 0 spiro atoms. The van der Waals surface area contributed by atoms with E-state index in [9.17, 15) is 9.18 Å². The molecule has 1 aromatic heterocycles. The van der Waals surface area contributed by atoms with Crippen LogP contribution in [0.25, 0.3) is 6.08 Å². The van der Waals surface area contributed by atoms with Crippen molar-refractivity contribution in [1.29, 1.82) is 0 Å². The van der Waals surface area contributed by atoms with E-state index in [0.29, 0.717) is 5.56 Å². The Kier molecular flexibility index (Phi) is 4.92. The Labute approximate surface area is 127 Å². The highest BCUT2D eigenvalue weighted by Gasteiger charge is 2.09. The molecule has 1 aromatic carbocycles. The smallest absolute Gasteiger partial charge is 0.328 e. The Bertz CT molecular complexity index is 652. The first-order chi connectivity index (χ1) is 9.56. The molecular weight excluding hydrogens is 347 g/mol. The zero-order valence-electron chi connectivity index (χ0n) is 10.2. The summed E-state index contributed by atoms with van der Waals surface area (Å²) in [5, 5.41) is 8.62. The molecule has 3 nitrogen and oxygen atoms in total. The largest absolute Gasteiger partial charge is 0.484 e. The van der Waals surface area contributed by atoms with E-state index < -0.39 is 11.8 Å². The van der Waals surface area contributed by atoms with Crippen LogP contribution >= 0.6 is 27.3 Å². The molecule has 6 heteroatoms. The van der Waals surface area contributed by atoms with Crippen LogP contribution in [-0.4, -0.2) is 11.1 Å². The van der Waals surface area contributed by atoms with E-state index in [1.165, 1.54) is 29.5 Å². The van der Waals surface area contributed by atoms with Crippen LogP contribution in [0.5, 0.6) is 5.75 Å². The number of benzene rings is 1. The van der Waals surface area contributed by atoms with Crippen molar-refractivity contribution in [2.75, 3.05) is 0 Å². The normalized spacial score (nSPS) is 10.9. The monoisotopic (exact) mass is 356 g/mol. The number of hydrogen-bond acceptors (Lipinski definition) is 3.